The van der Waals surface area contributed by atoms with E-state index < -0.39 is 0 Å². The molecule has 2 unspecified atom stereocenters. The quantitative estimate of drug-likeness (QED) is 0.765. The average molecular weight is 203 g/mol. The molecule has 1 aliphatic heterocycles. The van der Waals surface area contributed by atoms with Crippen LogP contribution in [0.2, 0.25) is 0 Å². The Labute approximate surface area is 92.9 Å². The Morgan fingerprint density at radius 1 is 1.27 bits per heavy atom. The van der Waals surface area contributed by atoms with Gasteiger partial charge in [0.05, 0.1) is 0 Å². The normalized spacial score (nSPS) is 24.8. The summed E-state index contributed by atoms with van der Waals surface area (Å²) < 4.78 is 0. The van der Waals surface area contributed by atoms with Gasteiger partial charge in [0.2, 0.25) is 0 Å². The molecule has 1 aromatic carbocycles. The lowest BCUT2D eigenvalue weighted by molar-refractivity contribution is 0.274. The Bertz CT molecular complexity index is 354. The molecule has 0 bridgehead atoms. The molecule has 1 heteroatoms. The molecule has 0 fully saturated rings. The molecule has 15 heavy (non-hydrogen) atoms. The Kier molecular flexibility index (Phi) is 2.49. The molecule has 2 rings (SSSR count). The van der Waals surface area contributed by atoms with E-state index in [2.05, 4.69) is 57.3 Å². The number of rotatable bonds is 2. The summed E-state index contributed by atoms with van der Waals surface area (Å²) >= 11 is 0. The Morgan fingerprint density at radius 2 is 1.93 bits per heavy atom. The van der Waals surface area contributed by atoms with E-state index in [1.165, 1.54) is 17.7 Å². The standard InChI is InChI=1S/C14H21N/c1-5-14(3,4)13-10(2)11-8-6-7-9-12(11)15-13/h6-10,13,15H,5H2,1-4H3. The first-order valence-corrected chi connectivity index (χ1v) is 5.91. The first-order chi connectivity index (χ1) is 7.06. The van der Waals surface area contributed by atoms with E-state index in [-0.39, 0.29) is 0 Å². The van der Waals surface area contributed by atoms with Crippen LogP contribution in [0.3, 0.4) is 0 Å². The molecule has 1 aromatic rings. The van der Waals surface area contributed by atoms with Gasteiger partial charge >= 0.3 is 0 Å². The van der Waals surface area contributed by atoms with Gasteiger partial charge in [0.25, 0.3) is 0 Å². The van der Waals surface area contributed by atoms with Gasteiger partial charge in [-0.3, -0.25) is 0 Å². The highest BCUT2D eigenvalue weighted by molar-refractivity contribution is 5.59. The number of hydrogen-bond donors (Lipinski definition) is 1. The van der Waals surface area contributed by atoms with Gasteiger partial charge < -0.3 is 5.32 Å². The van der Waals surface area contributed by atoms with Crippen LogP contribution in [0.1, 0.15) is 45.6 Å². The molecule has 0 radical (unpaired) electrons. The predicted molar refractivity (Wildman–Crippen MR) is 66.3 cm³/mol. The molecule has 0 saturated heterocycles. The van der Waals surface area contributed by atoms with Crippen LogP contribution in [0, 0.1) is 5.41 Å². The fraction of sp³-hybridized carbons (Fsp3) is 0.571. The zero-order valence-electron chi connectivity index (χ0n) is 10.2. The van der Waals surface area contributed by atoms with Gasteiger partial charge in [0.15, 0.2) is 0 Å². The van der Waals surface area contributed by atoms with Crippen LogP contribution >= 0.6 is 0 Å². The smallest absolute Gasteiger partial charge is 0.0378 e. The van der Waals surface area contributed by atoms with Gasteiger partial charge in [-0.25, -0.2) is 0 Å². The summed E-state index contributed by atoms with van der Waals surface area (Å²) in [6, 6.07) is 9.26. The molecular formula is C14H21N. The van der Waals surface area contributed by atoms with Gasteiger partial charge in [-0.1, -0.05) is 45.9 Å². The maximum absolute atomic E-state index is 3.68. The number of benzene rings is 1. The van der Waals surface area contributed by atoms with Crippen molar-refractivity contribution in [2.45, 2.75) is 46.1 Å². The molecule has 0 aromatic heterocycles. The van der Waals surface area contributed by atoms with Crippen molar-refractivity contribution in [1.29, 1.82) is 0 Å². The lowest BCUT2D eigenvalue weighted by Crippen LogP contribution is -2.35. The lowest BCUT2D eigenvalue weighted by atomic mass is 9.76. The van der Waals surface area contributed by atoms with Crippen LogP contribution < -0.4 is 5.32 Å². The third kappa shape index (κ3) is 1.64. The monoisotopic (exact) mass is 203 g/mol. The maximum atomic E-state index is 3.68. The highest BCUT2D eigenvalue weighted by Gasteiger charge is 2.37. The number of fused-ring (bicyclic) bond motifs is 1. The molecule has 1 heterocycles. The van der Waals surface area contributed by atoms with Crippen LogP contribution in [0.4, 0.5) is 5.69 Å². The van der Waals surface area contributed by atoms with Crippen molar-refractivity contribution in [3.8, 4) is 0 Å². The van der Waals surface area contributed by atoms with Gasteiger partial charge in [0, 0.05) is 17.6 Å². The van der Waals surface area contributed by atoms with E-state index in [1.54, 1.807) is 0 Å². The summed E-state index contributed by atoms with van der Waals surface area (Å²) in [6.45, 7) is 9.32. The van der Waals surface area contributed by atoms with E-state index >= 15 is 0 Å². The maximum Gasteiger partial charge on any atom is 0.0378 e. The first kappa shape index (κ1) is 10.5. The van der Waals surface area contributed by atoms with Crippen molar-refractivity contribution < 1.29 is 0 Å². The van der Waals surface area contributed by atoms with Crippen molar-refractivity contribution in [2.75, 3.05) is 5.32 Å². The van der Waals surface area contributed by atoms with Gasteiger partial charge in [-0.2, -0.15) is 0 Å². The number of para-hydroxylation sites is 1. The largest absolute Gasteiger partial charge is 0.381 e. The SMILES string of the molecule is CCC(C)(C)C1Nc2ccccc2C1C. The third-order valence-corrected chi connectivity index (χ3v) is 4.02. The van der Waals surface area contributed by atoms with Crippen molar-refractivity contribution in [3.63, 3.8) is 0 Å². The Morgan fingerprint density at radius 3 is 2.53 bits per heavy atom. The lowest BCUT2D eigenvalue weighted by Gasteiger charge is -2.34. The van der Waals surface area contributed by atoms with Gasteiger partial charge in [-0.15, -0.1) is 0 Å². The molecule has 0 spiro atoms. The highest BCUT2D eigenvalue weighted by atomic mass is 15.0. The van der Waals surface area contributed by atoms with Crippen LogP contribution in [0.15, 0.2) is 24.3 Å². The fourth-order valence-corrected chi connectivity index (χ4v) is 2.59. The molecule has 1 aliphatic rings. The second kappa shape index (κ2) is 3.55. The predicted octanol–water partition coefficient (Wildman–Crippen LogP) is 4.02. The molecule has 0 amide bonds. The van der Waals surface area contributed by atoms with Crippen molar-refractivity contribution in [3.05, 3.63) is 29.8 Å². The molecular weight excluding hydrogens is 182 g/mol. The molecule has 2 atom stereocenters. The van der Waals surface area contributed by atoms with E-state index in [0.29, 0.717) is 17.4 Å². The highest BCUT2D eigenvalue weighted by Crippen LogP contribution is 2.43. The topological polar surface area (TPSA) is 12.0 Å². The fourth-order valence-electron chi connectivity index (χ4n) is 2.59. The molecule has 1 N–H and O–H groups in total. The number of nitrogens with one attached hydrogen (secondary N) is 1. The summed E-state index contributed by atoms with van der Waals surface area (Å²) in [5.74, 6) is 0.621. The summed E-state index contributed by atoms with van der Waals surface area (Å²) in [4.78, 5) is 0. The average Bonchev–Trinajstić information content (AvgIpc) is 2.58. The van der Waals surface area contributed by atoms with Crippen LogP contribution in [-0.2, 0) is 0 Å². The van der Waals surface area contributed by atoms with E-state index in [1.807, 2.05) is 0 Å². The van der Waals surface area contributed by atoms with Gasteiger partial charge in [-0.05, 0) is 23.5 Å². The van der Waals surface area contributed by atoms with Crippen molar-refractivity contribution in [1.82, 2.24) is 0 Å². The van der Waals surface area contributed by atoms with Crippen molar-refractivity contribution >= 4 is 5.69 Å². The number of anilines is 1. The molecule has 1 nitrogen and oxygen atoms in total. The van der Waals surface area contributed by atoms with Crippen molar-refractivity contribution in [2.24, 2.45) is 5.41 Å². The second-order valence-corrected chi connectivity index (χ2v) is 5.34. The van der Waals surface area contributed by atoms with E-state index in [0.717, 1.165) is 0 Å². The zero-order chi connectivity index (χ0) is 11.1. The van der Waals surface area contributed by atoms with E-state index in [9.17, 15) is 0 Å². The second-order valence-electron chi connectivity index (χ2n) is 5.34. The summed E-state index contributed by atoms with van der Waals surface area (Å²) in [5.41, 5.74) is 3.17. The van der Waals surface area contributed by atoms with Crippen LogP contribution in [-0.4, -0.2) is 6.04 Å². The minimum Gasteiger partial charge on any atom is -0.381 e. The summed E-state index contributed by atoms with van der Waals surface area (Å²) in [5, 5.41) is 3.68. The Hall–Kier alpha value is -0.980. The van der Waals surface area contributed by atoms with Gasteiger partial charge in [0.1, 0.15) is 0 Å². The first-order valence-electron chi connectivity index (χ1n) is 5.91. The summed E-state index contributed by atoms with van der Waals surface area (Å²) in [7, 11) is 0. The van der Waals surface area contributed by atoms with Crippen LogP contribution in [0.25, 0.3) is 0 Å². The minimum absolute atomic E-state index is 0.360. The zero-order valence-corrected chi connectivity index (χ0v) is 10.2. The van der Waals surface area contributed by atoms with E-state index in [4.69, 9.17) is 0 Å². The Balaban J connectivity index is 2.31. The third-order valence-electron chi connectivity index (χ3n) is 4.02. The van der Waals surface area contributed by atoms with Crippen LogP contribution in [0.5, 0.6) is 0 Å². The molecule has 82 valence electrons. The summed E-state index contributed by atoms with van der Waals surface area (Å²) in [6.07, 6.45) is 1.21. The minimum atomic E-state index is 0.360. The number of hydrogen-bond acceptors (Lipinski definition) is 1. The molecule has 0 saturated carbocycles. The molecule has 0 aliphatic carbocycles.